The zero-order valence-corrected chi connectivity index (χ0v) is 10.3. The summed E-state index contributed by atoms with van der Waals surface area (Å²) in [5.41, 5.74) is 0.215. The number of carbonyl (C=O) groups excluding carboxylic acids is 1. The van der Waals surface area contributed by atoms with Gasteiger partial charge in [-0.25, -0.2) is 0 Å². The van der Waals surface area contributed by atoms with Crippen LogP contribution in [0.3, 0.4) is 0 Å². The van der Waals surface area contributed by atoms with Crippen LogP contribution < -0.4 is 5.32 Å². The molecule has 1 N–H and O–H groups in total. The van der Waals surface area contributed by atoms with E-state index in [9.17, 15) is 4.79 Å². The Kier molecular flexibility index (Phi) is 4.92. The van der Waals surface area contributed by atoms with E-state index in [1.807, 2.05) is 4.90 Å². The summed E-state index contributed by atoms with van der Waals surface area (Å²) in [6, 6.07) is 0. The fourth-order valence-electron chi connectivity index (χ4n) is 1.39. The van der Waals surface area contributed by atoms with E-state index in [1.165, 1.54) is 0 Å². The number of amides is 1. The second-order valence-electron chi connectivity index (χ2n) is 4.55. The number of nitrogens with zero attached hydrogens (tertiary/aromatic N) is 1. The molecular weight excluding hydrogens is 232 g/mol. The molecule has 78 valence electrons. The molecule has 0 aromatic rings. The maximum absolute atomic E-state index is 11.3. The minimum absolute atomic E-state index is 0. The van der Waals surface area contributed by atoms with Gasteiger partial charge in [0.1, 0.15) is 0 Å². The van der Waals surface area contributed by atoms with Crippen molar-refractivity contribution in [1.29, 1.82) is 0 Å². The summed E-state index contributed by atoms with van der Waals surface area (Å²) >= 11 is 0. The smallest absolute Gasteiger partial charge is 0.236 e. The van der Waals surface area contributed by atoms with Crippen LogP contribution in [0, 0.1) is 5.41 Å². The van der Waals surface area contributed by atoms with E-state index in [-0.39, 0.29) is 28.3 Å². The molecule has 1 rings (SSSR count). The first-order valence-electron chi connectivity index (χ1n) is 4.47. The monoisotopic (exact) mass is 250 g/mol. The molecule has 0 saturated carbocycles. The maximum Gasteiger partial charge on any atom is 0.236 e. The van der Waals surface area contributed by atoms with E-state index < -0.39 is 0 Å². The number of rotatable bonds is 1. The van der Waals surface area contributed by atoms with Crippen molar-refractivity contribution in [3.05, 3.63) is 0 Å². The topological polar surface area (TPSA) is 32.3 Å². The van der Waals surface area contributed by atoms with Gasteiger partial charge >= 0.3 is 0 Å². The molecule has 3 nitrogen and oxygen atoms in total. The molecule has 1 saturated heterocycles. The van der Waals surface area contributed by atoms with Crippen molar-refractivity contribution in [2.75, 3.05) is 26.2 Å². The van der Waals surface area contributed by atoms with Crippen LogP contribution in [-0.2, 0) is 4.79 Å². The molecule has 1 aliphatic rings. The van der Waals surface area contributed by atoms with Crippen molar-refractivity contribution in [2.45, 2.75) is 20.8 Å². The van der Waals surface area contributed by atoms with Crippen molar-refractivity contribution in [1.82, 2.24) is 10.2 Å². The Hall–Kier alpha value is -0.0900. The first kappa shape index (κ1) is 12.9. The van der Waals surface area contributed by atoms with Crippen molar-refractivity contribution in [3.63, 3.8) is 0 Å². The molecule has 13 heavy (non-hydrogen) atoms. The first-order valence-corrected chi connectivity index (χ1v) is 4.47. The zero-order chi connectivity index (χ0) is 9.19. The summed E-state index contributed by atoms with van der Waals surface area (Å²) in [6.07, 6.45) is 0. The SMILES string of the molecule is Br.CC(C)(C)CN1CCNCC1=O. The van der Waals surface area contributed by atoms with Gasteiger partial charge in [0.05, 0.1) is 6.54 Å². The molecule has 1 aliphatic heterocycles. The largest absolute Gasteiger partial charge is 0.340 e. The number of hydrogen-bond acceptors (Lipinski definition) is 2. The second-order valence-corrected chi connectivity index (χ2v) is 4.55. The van der Waals surface area contributed by atoms with Crippen LogP contribution in [0.2, 0.25) is 0 Å². The maximum atomic E-state index is 11.3. The van der Waals surface area contributed by atoms with Crippen LogP contribution in [-0.4, -0.2) is 37.0 Å². The van der Waals surface area contributed by atoms with Crippen molar-refractivity contribution < 1.29 is 4.79 Å². The summed E-state index contributed by atoms with van der Waals surface area (Å²) in [4.78, 5) is 13.3. The Balaban J connectivity index is 0.00000144. The number of piperazine rings is 1. The third-order valence-corrected chi connectivity index (χ3v) is 1.85. The quantitative estimate of drug-likeness (QED) is 0.755. The number of nitrogens with one attached hydrogen (secondary N) is 1. The van der Waals surface area contributed by atoms with E-state index in [0.29, 0.717) is 6.54 Å². The third kappa shape index (κ3) is 4.62. The van der Waals surface area contributed by atoms with Crippen LogP contribution in [0.1, 0.15) is 20.8 Å². The van der Waals surface area contributed by atoms with Crippen LogP contribution in [0.15, 0.2) is 0 Å². The van der Waals surface area contributed by atoms with Crippen LogP contribution in [0.5, 0.6) is 0 Å². The number of halogens is 1. The Labute approximate surface area is 90.6 Å². The summed E-state index contributed by atoms with van der Waals surface area (Å²) in [5, 5.41) is 3.06. The lowest BCUT2D eigenvalue weighted by Crippen LogP contribution is -2.50. The predicted molar refractivity (Wildman–Crippen MR) is 59.2 cm³/mol. The molecule has 0 aromatic carbocycles. The van der Waals surface area contributed by atoms with Gasteiger partial charge in [0.25, 0.3) is 0 Å². The van der Waals surface area contributed by atoms with Gasteiger partial charge in [-0.05, 0) is 5.41 Å². The lowest BCUT2D eigenvalue weighted by atomic mass is 9.96. The highest BCUT2D eigenvalue weighted by Gasteiger charge is 2.22. The van der Waals surface area contributed by atoms with Gasteiger partial charge < -0.3 is 10.2 Å². The fourth-order valence-corrected chi connectivity index (χ4v) is 1.39. The van der Waals surface area contributed by atoms with Gasteiger partial charge in [-0.2, -0.15) is 0 Å². The van der Waals surface area contributed by atoms with Gasteiger partial charge in [-0.1, -0.05) is 20.8 Å². The minimum Gasteiger partial charge on any atom is -0.340 e. The van der Waals surface area contributed by atoms with E-state index in [1.54, 1.807) is 0 Å². The molecule has 1 heterocycles. The molecule has 0 aromatic heterocycles. The van der Waals surface area contributed by atoms with E-state index in [0.717, 1.165) is 19.6 Å². The lowest BCUT2D eigenvalue weighted by Gasteiger charge is -2.33. The van der Waals surface area contributed by atoms with Crippen molar-refractivity contribution in [2.24, 2.45) is 5.41 Å². The predicted octanol–water partition coefficient (Wildman–Crippen LogP) is 1.04. The summed E-state index contributed by atoms with van der Waals surface area (Å²) < 4.78 is 0. The molecule has 0 bridgehead atoms. The minimum atomic E-state index is 0. The van der Waals surface area contributed by atoms with Crippen molar-refractivity contribution >= 4 is 22.9 Å². The normalized spacial score (nSPS) is 18.4. The Morgan fingerprint density at radius 2 is 2.08 bits per heavy atom. The van der Waals surface area contributed by atoms with Gasteiger partial charge in [0.2, 0.25) is 5.91 Å². The molecule has 0 spiro atoms. The fraction of sp³-hybridized carbons (Fsp3) is 0.889. The number of hydrogen-bond donors (Lipinski definition) is 1. The lowest BCUT2D eigenvalue weighted by molar-refractivity contribution is -0.133. The molecule has 0 atom stereocenters. The van der Waals surface area contributed by atoms with E-state index in [2.05, 4.69) is 26.1 Å². The molecule has 0 unspecified atom stereocenters. The second kappa shape index (κ2) is 4.96. The average Bonchev–Trinajstić information content (AvgIpc) is 1.91. The first-order chi connectivity index (χ1) is 5.49. The Morgan fingerprint density at radius 3 is 2.54 bits per heavy atom. The van der Waals surface area contributed by atoms with Crippen LogP contribution in [0.4, 0.5) is 0 Å². The van der Waals surface area contributed by atoms with Gasteiger partial charge in [0.15, 0.2) is 0 Å². The standard InChI is InChI=1S/C9H18N2O.BrH/c1-9(2,3)7-11-5-4-10-6-8(11)12;/h10H,4-7H2,1-3H3;1H. The third-order valence-electron chi connectivity index (χ3n) is 1.85. The van der Waals surface area contributed by atoms with Gasteiger partial charge in [-0.15, -0.1) is 17.0 Å². The van der Waals surface area contributed by atoms with Crippen LogP contribution in [0.25, 0.3) is 0 Å². The summed E-state index contributed by atoms with van der Waals surface area (Å²) in [6.45, 7) is 9.63. The summed E-state index contributed by atoms with van der Waals surface area (Å²) in [5.74, 6) is 0.233. The molecule has 4 heteroatoms. The highest BCUT2D eigenvalue weighted by Crippen LogP contribution is 2.15. The highest BCUT2D eigenvalue weighted by molar-refractivity contribution is 8.93. The molecule has 0 radical (unpaired) electrons. The van der Waals surface area contributed by atoms with Crippen LogP contribution >= 0.6 is 17.0 Å². The van der Waals surface area contributed by atoms with E-state index >= 15 is 0 Å². The molecule has 1 amide bonds. The van der Waals surface area contributed by atoms with Gasteiger partial charge in [-0.3, -0.25) is 4.79 Å². The molecular formula is C9H19BrN2O. The van der Waals surface area contributed by atoms with Gasteiger partial charge in [0, 0.05) is 19.6 Å². The number of carbonyl (C=O) groups is 1. The Morgan fingerprint density at radius 1 is 1.46 bits per heavy atom. The zero-order valence-electron chi connectivity index (χ0n) is 8.59. The highest BCUT2D eigenvalue weighted by atomic mass is 79.9. The Bertz CT molecular complexity index is 177. The summed E-state index contributed by atoms with van der Waals surface area (Å²) in [7, 11) is 0. The van der Waals surface area contributed by atoms with E-state index in [4.69, 9.17) is 0 Å². The molecule has 1 fully saturated rings. The molecule has 0 aliphatic carbocycles. The average molecular weight is 251 g/mol. The van der Waals surface area contributed by atoms with Crippen molar-refractivity contribution in [3.8, 4) is 0 Å².